The number of imide groups is 1. The summed E-state index contributed by atoms with van der Waals surface area (Å²) in [4.78, 5) is 48.9. The van der Waals surface area contributed by atoms with Gasteiger partial charge in [-0.2, -0.15) is 0 Å². The summed E-state index contributed by atoms with van der Waals surface area (Å²) in [6, 6.07) is 16.1. The number of urea groups is 1. The van der Waals surface area contributed by atoms with Gasteiger partial charge in [-0.25, -0.2) is 9.79 Å². The van der Waals surface area contributed by atoms with Crippen LogP contribution in [0, 0.1) is 0 Å². The zero-order valence-corrected chi connectivity index (χ0v) is 18.5. The van der Waals surface area contributed by atoms with Gasteiger partial charge in [0.25, 0.3) is 5.91 Å². The van der Waals surface area contributed by atoms with Crippen molar-refractivity contribution >= 4 is 35.1 Å². The predicted octanol–water partition coefficient (Wildman–Crippen LogP) is 2.36. The largest absolute Gasteiger partial charge is 0.495 e. The van der Waals surface area contributed by atoms with Gasteiger partial charge >= 0.3 is 6.03 Å². The topological polar surface area (TPSA) is 85.8 Å². The van der Waals surface area contributed by atoms with Crippen molar-refractivity contribution in [2.45, 2.75) is 19.1 Å². The number of hydrogen-bond acceptors (Lipinski definition) is 7. The number of carbonyl (C=O) groups excluding carboxylic acids is 3. The molecule has 2 aromatic rings. The molecule has 3 aliphatic heterocycles. The average Bonchev–Trinajstić information content (AvgIpc) is 3.37. The first kappa shape index (κ1) is 20.7. The molecule has 0 bridgehead atoms. The Hall–Kier alpha value is -4.14. The smallest absolute Gasteiger partial charge is 0.328 e. The summed E-state index contributed by atoms with van der Waals surface area (Å²) in [5, 5.41) is 0. The molecular formula is C24H23N5O4. The quantitative estimate of drug-likeness (QED) is 0.703. The molecule has 2 unspecified atom stereocenters. The lowest BCUT2D eigenvalue weighted by molar-refractivity contribution is -0.139. The number of carbonyl (C=O) groups is 3. The van der Waals surface area contributed by atoms with Crippen LogP contribution in [0.25, 0.3) is 5.70 Å². The number of guanidine groups is 1. The van der Waals surface area contributed by atoms with Crippen molar-refractivity contribution in [1.29, 1.82) is 0 Å². The molecule has 9 nitrogen and oxygen atoms in total. The Balaban J connectivity index is 1.64. The number of amides is 3. The number of rotatable bonds is 5. The number of fused-ring (bicyclic) bond motifs is 3. The molecule has 9 heteroatoms. The third kappa shape index (κ3) is 3.15. The molecule has 3 aliphatic rings. The zero-order chi connectivity index (χ0) is 23.3. The van der Waals surface area contributed by atoms with Gasteiger partial charge in [0.05, 0.1) is 25.0 Å². The molecule has 2 atom stereocenters. The van der Waals surface area contributed by atoms with Crippen LogP contribution in [0.4, 0.5) is 10.5 Å². The Labute approximate surface area is 191 Å². The fraction of sp³-hybridized carbons (Fsp3) is 0.250. The second kappa shape index (κ2) is 7.77. The van der Waals surface area contributed by atoms with E-state index in [1.807, 2.05) is 65.7 Å². The number of ether oxygens (including phenoxy) is 1. The predicted molar refractivity (Wildman–Crippen MR) is 122 cm³/mol. The van der Waals surface area contributed by atoms with E-state index < -0.39 is 24.1 Å². The van der Waals surface area contributed by atoms with E-state index in [1.165, 1.54) is 11.8 Å². The number of aliphatic imine (C=N–C) groups is 1. The van der Waals surface area contributed by atoms with Crippen molar-refractivity contribution in [2.24, 2.45) is 4.99 Å². The van der Waals surface area contributed by atoms with Crippen LogP contribution >= 0.6 is 0 Å². The van der Waals surface area contributed by atoms with Crippen molar-refractivity contribution < 1.29 is 19.1 Å². The molecule has 0 N–H and O–H groups in total. The van der Waals surface area contributed by atoms with E-state index in [0.717, 1.165) is 21.8 Å². The lowest BCUT2D eigenvalue weighted by atomic mass is 10.1. The Morgan fingerprint density at radius 3 is 2.45 bits per heavy atom. The van der Waals surface area contributed by atoms with Gasteiger partial charge in [0.15, 0.2) is 12.2 Å². The SMILES string of the molecule is COc1ccccc1N1C(c2ccccc2)=CN2C1=NC1C2C(=O)N(CC(C)=O)C(=O)N1C. The number of hydrogen-bond donors (Lipinski definition) is 0. The van der Waals surface area contributed by atoms with Crippen LogP contribution < -0.4 is 9.64 Å². The number of anilines is 1. The second-order valence-electron chi connectivity index (χ2n) is 8.10. The van der Waals surface area contributed by atoms with Crippen molar-refractivity contribution in [3.63, 3.8) is 0 Å². The van der Waals surface area contributed by atoms with Crippen molar-refractivity contribution in [2.75, 3.05) is 25.6 Å². The van der Waals surface area contributed by atoms with E-state index in [0.29, 0.717) is 11.7 Å². The van der Waals surface area contributed by atoms with E-state index in [4.69, 9.17) is 9.73 Å². The van der Waals surface area contributed by atoms with Gasteiger partial charge < -0.3 is 9.64 Å². The standard InChI is InChI=1S/C24H23N5O4/c1-15(30)13-28-22(31)20-21(26(2)24(28)32)25-23-27(20)14-18(16-9-5-4-6-10-16)29(23)17-11-7-8-12-19(17)33-3/h4-12,14,20-21H,13H2,1-3H3. The first-order valence-electron chi connectivity index (χ1n) is 10.6. The molecule has 0 aliphatic carbocycles. The Morgan fingerprint density at radius 2 is 1.76 bits per heavy atom. The summed E-state index contributed by atoms with van der Waals surface area (Å²) in [7, 11) is 3.20. The van der Waals surface area contributed by atoms with Crippen LogP contribution in [0.1, 0.15) is 12.5 Å². The number of Topliss-reactive ketones (excluding diaryl/α,β-unsaturated/α-hetero) is 1. The van der Waals surface area contributed by atoms with E-state index in [1.54, 1.807) is 19.1 Å². The summed E-state index contributed by atoms with van der Waals surface area (Å²) in [6.45, 7) is 1.09. The zero-order valence-electron chi connectivity index (χ0n) is 18.5. The third-order valence-electron chi connectivity index (χ3n) is 5.99. The number of benzene rings is 2. The van der Waals surface area contributed by atoms with Crippen molar-refractivity contribution in [3.05, 3.63) is 66.4 Å². The van der Waals surface area contributed by atoms with Crippen LogP contribution in [0.15, 0.2) is 65.8 Å². The first-order chi connectivity index (χ1) is 15.9. The van der Waals surface area contributed by atoms with Crippen LogP contribution in [0.2, 0.25) is 0 Å². The maximum atomic E-state index is 13.4. The molecule has 0 aromatic heterocycles. The number of likely N-dealkylation sites (N-methyl/N-ethyl adjacent to an activating group) is 1. The number of para-hydroxylation sites is 2. The second-order valence-corrected chi connectivity index (χ2v) is 8.10. The maximum Gasteiger partial charge on any atom is 0.328 e. The minimum Gasteiger partial charge on any atom is -0.495 e. The highest BCUT2D eigenvalue weighted by atomic mass is 16.5. The van der Waals surface area contributed by atoms with Crippen molar-refractivity contribution in [1.82, 2.24) is 14.7 Å². The lowest BCUT2D eigenvalue weighted by Crippen LogP contribution is -2.64. The number of ketones is 1. The monoisotopic (exact) mass is 445 g/mol. The Morgan fingerprint density at radius 1 is 1.06 bits per heavy atom. The molecule has 1 fully saturated rings. The van der Waals surface area contributed by atoms with Crippen LogP contribution in [-0.2, 0) is 9.59 Å². The highest BCUT2D eigenvalue weighted by Crippen LogP contribution is 2.42. The van der Waals surface area contributed by atoms with Crippen LogP contribution in [0.3, 0.4) is 0 Å². The maximum absolute atomic E-state index is 13.4. The summed E-state index contributed by atoms with van der Waals surface area (Å²) < 4.78 is 5.61. The highest BCUT2D eigenvalue weighted by molar-refractivity contribution is 6.17. The molecule has 2 aromatic carbocycles. The van der Waals surface area contributed by atoms with E-state index >= 15 is 0 Å². The van der Waals surface area contributed by atoms with Gasteiger partial charge in [-0.3, -0.25) is 24.3 Å². The van der Waals surface area contributed by atoms with Gasteiger partial charge in [-0.1, -0.05) is 42.5 Å². The molecule has 0 saturated carbocycles. The fourth-order valence-electron chi connectivity index (χ4n) is 4.47. The van der Waals surface area contributed by atoms with Crippen molar-refractivity contribution in [3.8, 4) is 5.75 Å². The molecule has 3 heterocycles. The number of methoxy groups -OCH3 is 1. The molecule has 33 heavy (non-hydrogen) atoms. The molecule has 3 amide bonds. The van der Waals surface area contributed by atoms with E-state index in [-0.39, 0.29) is 12.3 Å². The normalized spacial score (nSPS) is 21.7. The highest BCUT2D eigenvalue weighted by Gasteiger charge is 2.55. The van der Waals surface area contributed by atoms with Gasteiger partial charge in [0, 0.05) is 18.8 Å². The van der Waals surface area contributed by atoms with Crippen LogP contribution in [0.5, 0.6) is 5.75 Å². The molecular weight excluding hydrogens is 422 g/mol. The minimum absolute atomic E-state index is 0.264. The Bertz CT molecular complexity index is 1210. The summed E-state index contributed by atoms with van der Waals surface area (Å²) in [5.74, 6) is 0.460. The van der Waals surface area contributed by atoms with Gasteiger partial charge in [-0.05, 0) is 19.1 Å². The lowest BCUT2D eigenvalue weighted by Gasteiger charge is -2.39. The summed E-state index contributed by atoms with van der Waals surface area (Å²) >= 11 is 0. The molecule has 1 saturated heterocycles. The van der Waals surface area contributed by atoms with E-state index in [9.17, 15) is 14.4 Å². The van der Waals surface area contributed by atoms with Gasteiger partial charge in [-0.15, -0.1) is 0 Å². The van der Waals surface area contributed by atoms with Crippen LogP contribution in [-0.4, -0.2) is 71.3 Å². The van der Waals surface area contributed by atoms with E-state index in [2.05, 4.69) is 0 Å². The molecule has 0 spiro atoms. The van der Waals surface area contributed by atoms with Gasteiger partial charge in [0.1, 0.15) is 11.5 Å². The third-order valence-corrected chi connectivity index (χ3v) is 5.99. The molecule has 5 rings (SSSR count). The molecule has 0 radical (unpaired) electrons. The number of nitrogens with zero attached hydrogens (tertiary/aromatic N) is 5. The summed E-state index contributed by atoms with van der Waals surface area (Å²) in [5.41, 5.74) is 2.52. The average molecular weight is 445 g/mol. The fourth-order valence-corrected chi connectivity index (χ4v) is 4.47. The molecule has 168 valence electrons. The Kier molecular flexibility index (Phi) is 4.88. The first-order valence-corrected chi connectivity index (χ1v) is 10.6. The summed E-state index contributed by atoms with van der Waals surface area (Å²) in [6.07, 6.45) is 1.17. The van der Waals surface area contributed by atoms with Gasteiger partial charge in [0.2, 0.25) is 5.96 Å². The minimum atomic E-state index is -0.763.